The van der Waals surface area contributed by atoms with Crippen LogP contribution in [0.15, 0.2) is 47.8 Å². The zero-order chi connectivity index (χ0) is 23.8. The predicted molar refractivity (Wildman–Crippen MR) is 115 cm³/mol. The van der Waals surface area contributed by atoms with Crippen LogP contribution >= 0.6 is 11.6 Å². The van der Waals surface area contributed by atoms with Crippen LogP contribution in [0.5, 0.6) is 5.88 Å². The Balaban J connectivity index is 1.49. The van der Waals surface area contributed by atoms with Crippen LogP contribution in [0, 0.1) is 5.82 Å². The molecule has 170 valence electrons. The number of hydrogen-bond acceptors (Lipinski definition) is 4. The second kappa shape index (κ2) is 8.82. The van der Waals surface area contributed by atoms with Crippen molar-refractivity contribution >= 4 is 29.3 Å². The SMILES string of the molecule is COc1ncc(NC(=O)Cc2ccc(-c3cnc4c(c3)C=C(Cl)C4)c(F)c2)cc1C(F)(F)F. The average molecular weight is 478 g/mol. The first-order valence-electron chi connectivity index (χ1n) is 9.69. The fourth-order valence-corrected chi connectivity index (χ4v) is 3.73. The third-order valence-corrected chi connectivity index (χ3v) is 5.24. The summed E-state index contributed by atoms with van der Waals surface area (Å²) in [6, 6.07) is 6.82. The van der Waals surface area contributed by atoms with Crippen LogP contribution < -0.4 is 10.1 Å². The van der Waals surface area contributed by atoms with E-state index in [1.807, 2.05) is 0 Å². The molecule has 0 spiro atoms. The number of alkyl halides is 3. The molecule has 2 heterocycles. The Morgan fingerprint density at radius 3 is 2.67 bits per heavy atom. The van der Waals surface area contributed by atoms with E-state index in [9.17, 15) is 22.4 Å². The lowest BCUT2D eigenvalue weighted by Gasteiger charge is -2.13. The van der Waals surface area contributed by atoms with Gasteiger partial charge in [0.2, 0.25) is 11.8 Å². The van der Waals surface area contributed by atoms with E-state index in [2.05, 4.69) is 20.0 Å². The van der Waals surface area contributed by atoms with Crippen molar-refractivity contribution in [2.24, 2.45) is 0 Å². The molecule has 4 rings (SSSR count). The third kappa shape index (κ3) is 4.98. The fraction of sp³-hybridized carbons (Fsp3) is 0.174. The number of halogens is 5. The zero-order valence-electron chi connectivity index (χ0n) is 17.1. The summed E-state index contributed by atoms with van der Waals surface area (Å²) in [5.41, 5.74) is 1.60. The van der Waals surface area contributed by atoms with Gasteiger partial charge in [-0.3, -0.25) is 9.78 Å². The molecule has 0 fully saturated rings. The number of anilines is 1. The van der Waals surface area contributed by atoms with Gasteiger partial charge in [0.25, 0.3) is 0 Å². The van der Waals surface area contributed by atoms with E-state index >= 15 is 0 Å². The lowest BCUT2D eigenvalue weighted by atomic mass is 10.0. The number of hydrogen-bond donors (Lipinski definition) is 1. The maximum atomic E-state index is 14.8. The summed E-state index contributed by atoms with van der Waals surface area (Å²) in [7, 11) is 1.07. The first-order valence-corrected chi connectivity index (χ1v) is 10.1. The highest BCUT2D eigenvalue weighted by molar-refractivity contribution is 6.32. The van der Waals surface area contributed by atoms with Crippen molar-refractivity contribution in [1.82, 2.24) is 9.97 Å². The maximum absolute atomic E-state index is 14.8. The van der Waals surface area contributed by atoms with E-state index in [0.29, 0.717) is 28.1 Å². The standard InChI is InChI=1S/C23H16ClF4N3O2/c1-33-22-18(23(26,27)28)9-16(11-30-22)31-21(32)5-12-2-3-17(19(25)4-12)14-6-13-7-15(24)8-20(13)29-10-14/h2-4,6-7,9-11H,5,8H2,1H3,(H,31,32). The summed E-state index contributed by atoms with van der Waals surface area (Å²) in [6.45, 7) is 0. The van der Waals surface area contributed by atoms with Gasteiger partial charge in [-0.1, -0.05) is 23.7 Å². The molecule has 1 N–H and O–H groups in total. The Labute approximate surface area is 191 Å². The predicted octanol–water partition coefficient (Wildman–Crippen LogP) is 5.63. The Morgan fingerprint density at radius 1 is 1.18 bits per heavy atom. The molecule has 0 aliphatic heterocycles. The molecule has 0 saturated carbocycles. The van der Waals surface area contributed by atoms with Gasteiger partial charge in [0.1, 0.15) is 11.4 Å². The molecule has 3 aromatic rings. The van der Waals surface area contributed by atoms with E-state index < -0.39 is 29.3 Å². The van der Waals surface area contributed by atoms with Gasteiger partial charge in [0.05, 0.1) is 31.1 Å². The van der Waals surface area contributed by atoms with Gasteiger partial charge in [0.15, 0.2) is 0 Å². The molecule has 1 aliphatic carbocycles. The smallest absolute Gasteiger partial charge is 0.421 e. The number of rotatable bonds is 5. The third-order valence-electron chi connectivity index (χ3n) is 4.99. The number of fused-ring (bicyclic) bond motifs is 1. The average Bonchev–Trinajstić information content (AvgIpc) is 3.12. The number of amides is 1. The van der Waals surface area contributed by atoms with Crippen LogP contribution in [-0.2, 0) is 23.8 Å². The molecule has 0 unspecified atom stereocenters. The molecule has 1 aliphatic rings. The van der Waals surface area contributed by atoms with Gasteiger partial charge >= 0.3 is 6.18 Å². The van der Waals surface area contributed by atoms with Crippen molar-refractivity contribution in [3.63, 3.8) is 0 Å². The Kier molecular flexibility index (Phi) is 6.07. The molecule has 10 heteroatoms. The Hall–Kier alpha value is -3.46. The van der Waals surface area contributed by atoms with E-state index in [1.165, 1.54) is 12.1 Å². The first-order chi connectivity index (χ1) is 15.6. The van der Waals surface area contributed by atoms with Crippen molar-refractivity contribution in [3.05, 3.63) is 76.0 Å². The monoisotopic (exact) mass is 477 g/mol. The quantitative estimate of drug-likeness (QED) is 0.484. The molecule has 1 amide bonds. The van der Waals surface area contributed by atoms with Crippen molar-refractivity contribution in [2.75, 3.05) is 12.4 Å². The number of benzene rings is 1. The lowest BCUT2D eigenvalue weighted by molar-refractivity contribution is -0.139. The van der Waals surface area contributed by atoms with E-state index in [1.54, 1.807) is 24.4 Å². The van der Waals surface area contributed by atoms with Crippen LogP contribution in [-0.4, -0.2) is 23.0 Å². The molecular formula is C23H16ClF4N3O2. The molecule has 0 saturated heterocycles. The molecule has 0 bridgehead atoms. The maximum Gasteiger partial charge on any atom is 0.421 e. The van der Waals surface area contributed by atoms with Crippen LogP contribution in [0.3, 0.4) is 0 Å². The van der Waals surface area contributed by atoms with Crippen molar-refractivity contribution < 1.29 is 27.1 Å². The van der Waals surface area contributed by atoms with Crippen molar-refractivity contribution in [1.29, 1.82) is 0 Å². The first kappa shape index (κ1) is 22.7. The van der Waals surface area contributed by atoms with Gasteiger partial charge < -0.3 is 10.1 Å². The molecule has 2 aromatic heterocycles. The molecule has 1 aromatic carbocycles. The van der Waals surface area contributed by atoms with Gasteiger partial charge in [-0.2, -0.15) is 13.2 Å². The molecule has 0 radical (unpaired) electrons. The number of ether oxygens (including phenoxy) is 1. The largest absolute Gasteiger partial charge is 0.481 e. The number of carbonyl (C=O) groups excluding carboxylic acids is 1. The summed E-state index contributed by atoms with van der Waals surface area (Å²) in [5, 5.41) is 3.00. The van der Waals surface area contributed by atoms with Crippen LogP contribution in [0.2, 0.25) is 0 Å². The minimum Gasteiger partial charge on any atom is -0.481 e. The van der Waals surface area contributed by atoms with Gasteiger partial charge in [-0.15, -0.1) is 0 Å². The van der Waals surface area contributed by atoms with E-state index in [-0.39, 0.29) is 12.1 Å². The van der Waals surface area contributed by atoms with Gasteiger partial charge in [-0.05, 0) is 35.4 Å². The van der Waals surface area contributed by atoms with Crippen LogP contribution in [0.4, 0.5) is 23.2 Å². The Morgan fingerprint density at radius 2 is 1.97 bits per heavy atom. The topological polar surface area (TPSA) is 64.1 Å². The van der Waals surface area contributed by atoms with Crippen molar-refractivity contribution in [2.45, 2.75) is 19.0 Å². The molecule has 5 nitrogen and oxygen atoms in total. The molecule has 0 atom stereocenters. The number of nitrogens with one attached hydrogen (secondary N) is 1. The molecule has 33 heavy (non-hydrogen) atoms. The second-order valence-corrected chi connectivity index (χ2v) is 7.83. The molecular weight excluding hydrogens is 462 g/mol. The fourth-order valence-electron chi connectivity index (χ4n) is 3.49. The summed E-state index contributed by atoms with van der Waals surface area (Å²) < 4.78 is 58.8. The van der Waals surface area contributed by atoms with Crippen LogP contribution in [0.25, 0.3) is 17.2 Å². The van der Waals surface area contributed by atoms with Gasteiger partial charge in [0, 0.05) is 28.8 Å². The summed E-state index contributed by atoms with van der Waals surface area (Å²) in [4.78, 5) is 20.2. The number of allylic oxidation sites excluding steroid dienone is 1. The normalized spacial score (nSPS) is 12.8. The van der Waals surface area contributed by atoms with E-state index in [0.717, 1.165) is 30.6 Å². The highest BCUT2D eigenvalue weighted by Crippen LogP contribution is 2.36. The summed E-state index contributed by atoms with van der Waals surface area (Å²) in [5.74, 6) is -1.78. The van der Waals surface area contributed by atoms with E-state index in [4.69, 9.17) is 11.6 Å². The van der Waals surface area contributed by atoms with Crippen LogP contribution in [0.1, 0.15) is 22.4 Å². The number of aromatic nitrogens is 2. The second-order valence-electron chi connectivity index (χ2n) is 7.35. The van der Waals surface area contributed by atoms with Crippen molar-refractivity contribution in [3.8, 4) is 17.0 Å². The summed E-state index contributed by atoms with van der Waals surface area (Å²) >= 11 is 6.02. The zero-order valence-corrected chi connectivity index (χ0v) is 17.9. The minimum absolute atomic E-state index is 0.152. The highest BCUT2D eigenvalue weighted by Gasteiger charge is 2.35. The summed E-state index contributed by atoms with van der Waals surface area (Å²) in [6.07, 6.45) is -0.0138. The minimum atomic E-state index is -4.70. The Bertz CT molecular complexity index is 1280. The van der Waals surface area contributed by atoms with Gasteiger partial charge in [-0.25, -0.2) is 9.37 Å². The number of methoxy groups -OCH3 is 1. The highest BCUT2D eigenvalue weighted by atomic mass is 35.5. The lowest BCUT2D eigenvalue weighted by Crippen LogP contribution is -2.16. The number of pyridine rings is 2. The number of nitrogens with zero attached hydrogens (tertiary/aromatic N) is 2. The number of carbonyl (C=O) groups is 1.